The van der Waals surface area contributed by atoms with Gasteiger partial charge in [-0.1, -0.05) is 30.3 Å². The Bertz CT molecular complexity index is 410. The third kappa shape index (κ3) is 3.90. The van der Waals surface area contributed by atoms with Crippen molar-refractivity contribution in [1.29, 1.82) is 0 Å². The number of hydrogen-bond acceptors (Lipinski definition) is 3. The molecule has 1 fully saturated rings. The zero-order valence-corrected chi connectivity index (χ0v) is 12.5. The molecule has 0 amide bonds. The van der Waals surface area contributed by atoms with E-state index in [9.17, 15) is 4.79 Å². The predicted octanol–water partition coefficient (Wildman–Crippen LogP) is 2.89. The molecule has 0 N–H and O–H groups in total. The van der Waals surface area contributed by atoms with Crippen molar-refractivity contribution in [1.82, 2.24) is 4.90 Å². The van der Waals surface area contributed by atoms with E-state index in [4.69, 9.17) is 4.74 Å². The van der Waals surface area contributed by atoms with Gasteiger partial charge in [0.1, 0.15) is 6.29 Å². The van der Waals surface area contributed by atoms with Crippen molar-refractivity contribution >= 4 is 6.29 Å². The summed E-state index contributed by atoms with van der Waals surface area (Å²) in [5.74, 6) is 0. The van der Waals surface area contributed by atoms with Crippen LogP contribution in [0.1, 0.15) is 32.3 Å². The van der Waals surface area contributed by atoms with E-state index in [2.05, 4.69) is 43.0 Å². The molecule has 3 heteroatoms. The highest BCUT2D eigenvalue weighted by molar-refractivity contribution is 5.60. The second-order valence-corrected chi connectivity index (χ2v) is 6.12. The minimum atomic E-state index is -0.322. The first-order chi connectivity index (χ1) is 9.65. The van der Waals surface area contributed by atoms with Gasteiger partial charge < -0.3 is 9.53 Å². The molecular weight excluding hydrogens is 250 g/mol. The normalized spacial score (nSPS) is 23.2. The Kier molecular flexibility index (Phi) is 5.32. The van der Waals surface area contributed by atoms with Crippen molar-refractivity contribution in [2.24, 2.45) is 5.41 Å². The number of rotatable bonds is 6. The lowest BCUT2D eigenvalue weighted by Gasteiger charge is -2.38. The molecule has 1 aromatic carbocycles. The van der Waals surface area contributed by atoms with E-state index in [-0.39, 0.29) is 5.41 Å². The van der Waals surface area contributed by atoms with Crippen LogP contribution in [0, 0.1) is 5.41 Å². The second-order valence-electron chi connectivity index (χ2n) is 6.12. The summed E-state index contributed by atoms with van der Waals surface area (Å²) in [6.07, 6.45) is 3.04. The first kappa shape index (κ1) is 15.2. The van der Waals surface area contributed by atoms with Crippen molar-refractivity contribution in [3.63, 3.8) is 0 Å². The van der Waals surface area contributed by atoms with E-state index in [1.54, 1.807) is 0 Å². The maximum absolute atomic E-state index is 11.6. The zero-order chi connectivity index (χ0) is 14.4. The van der Waals surface area contributed by atoms with Gasteiger partial charge in [-0.15, -0.1) is 0 Å². The molecule has 1 aliphatic heterocycles. The number of aldehydes is 1. The highest BCUT2D eigenvalue weighted by atomic mass is 16.5. The maximum Gasteiger partial charge on any atom is 0.129 e. The lowest BCUT2D eigenvalue weighted by atomic mass is 9.83. The fraction of sp³-hybridized carbons (Fsp3) is 0.588. The van der Waals surface area contributed by atoms with E-state index >= 15 is 0 Å². The SMILES string of the molecule is CC(C)N(Cc1ccccc1)CC1(C=O)CCCOC1. The van der Waals surface area contributed by atoms with Gasteiger partial charge in [-0.3, -0.25) is 4.90 Å². The summed E-state index contributed by atoms with van der Waals surface area (Å²) in [6, 6.07) is 10.8. The van der Waals surface area contributed by atoms with E-state index in [1.165, 1.54) is 5.56 Å². The number of ether oxygens (including phenoxy) is 1. The fourth-order valence-corrected chi connectivity index (χ4v) is 2.77. The average molecular weight is 275 g/mol. The van der Waals surface area contributed by atoms with Crippen LogP contribution in [0.15, 0.2) is 30.3 Å². The number of carbonyl (C=O) groups is 1. The van der Waals surface area contributed by atoms with Crippen molar-refractivity contribution in [2.75, 3.05) is 19.8 Å². The van der Waals surface area contributed by atoms with Crippen LogP contribution in [-0.4, -0.2) is 37.0 Å². The third-order valence-electron chi connectivity index (χ3n) is 4.08. The van der Waals surface area contributed by atoms with E-state index in [1.807, 2.05) is 6.07 Å². The molecular formula is C17H25NO2. The molecule has 0 aromatic heterocycles. The van der Waals surface area contributed by atoms with Crippen LogP contribution < -0.4 is 0 Å². The summed E-state index contributed by atoms with van der Waals surface area (Å²) < 4.78 is 5.55. The summed E-state index contributed by atoms with van der Waals surface area (Å²) in [7, 11) is 0. The predicted molar refractivity (Wildman–Crippen MR) is 80.5 cm³/mol. The van der Waals surface area contributed by atoms with Crippen LogP contribution in [-0.2, 0) is 16.1 Å². The minimum Gasteiger partial charge on any atom is -0.380 e. The van der Waals surface area contributed by atoms with E-state index in [0.29, 0.717) is 12.6 Å². The second kappa shape index (κ2) is 7.00. The third-order valence-corrected chi connectivity index (χ3v) is 4.08. The average Bonchev–Trinajstić information content (AvgIpc) is 2.48. The maximum atomic E-state index is 11.6. The van der Waals surface area contributed by atoms with Crippen LogP contribution in [0.25, 0.3) is 0 Å². The lowest BCUT2D eigenvalue weighted by Crippen LogP contribution is -2.46. The number of nitrogens with zero attached hydrogens (tertiary/aromatic N) is 1. The van der Waals surface area contributed by atoms with Gasteiger partial charge in [0.05, 0.1) is 12.0 Å². The topological polar surface area (TPSA) is 29.5 Å². The van der Waals surface area contributed by atoms with Gasteiger partial charge in [0.15, 0.2) is 0 Å². The minimum absolute atomic E-state index is 0.322. The van der Waals surface area contributed by atoms with Crippen LogP contribution in [0.5, 0.6) is 0 Å². The number of benzene rings is 1. The van der Waals surface area contributed by atoms with Crippen LogP contribution in [0.3, 0.4) is 0 Å². The van der Waals surface area contributed by atoms with Gasteiger partial charge in [-0.25, -0.2) is 0 Å². The van der Waals surface area contributed by atoms with Crippen molar-refractivity contribution in [2.45, 2.75) is 39.3 Å². The molecule has 0 saturated carbocycles. The van der Waals surface area contributed by atoms with Crippen LogP contribution in [0.2, 0.25) is 0 Å². The number of carbonyl (C=O) groups excluding carboxylic acids is 1. The van der Waals surface area contributed by atoms with Crippen molar-refractivity contribution < 1.29 is 9.53 Å². The Labute approximate surface area is 121 Å². The Balaban J connectivity index is 2.06. The van der Waals surface area contributed by atoms with Crippen LogP contribution in [0.4, 0.5) is 0 Å². The Morgan fingerprint density at radius 3 is 2.65 bits per heavy atom. The molecule has 1 saturated heterocycles. The van der Waals surface area contributed by atoms with Crippen LogP contribution >= 0.6 is 0 Å². The van der Waals surface area contributed by atoms with E-state index < -0.39 is 0 Å². The van der Waals surface area contributed by atoms with Crippen molar-refractivity contribution in [3.05, 3.63) is 35.9 Å². The van der Waals surface area contributed by atoms with Gasteiger partial charge in [-0.2, -0.15) is 0 Å². The summed E-state index contributed by atoms with van der Waals surface area (Å²) in [5, 5.41) is 0. The van der Waals surface area contributed by atoms with Gasteiger partial charge in [0.2, 0.25) is 0 Å². The molecule has 2 rings (SSSR count). The summed E-state index contributed by atoms with van der Waals surface area (Å²) in [5.41, 5.74) is 0.969. The van der Waals surface area contributed by atoms with Gasteiger partial charge in [0.25, 0.3) is 0 Å². The van der Waals surface area contributed by atoms with Gasteiger partial charge in [0, 0.05) is 25.7 Å². The zero-order valence-electron chi connectivity index (χ0n) is 12.5. The highest BCUT2D eigenvalue weighted by Gasteiger charge is 2.35. The summed E-state index contributed by atoms with van der Waals surface area (Å²) >= 11 is 0. The molecule has 3 nitrogen and oxygen atoms in total. The molecule has 110 valence electrons. The molecule has 0 aliphatic carbocycles. The quantitative estimate of drug-likeness (QED) is 0.748. The first-order valence-corrected chi connectivity index (χ1v) is 7.47. The van der Waals surface area contributed by atoms with Crippen molar-refractivity contribution in [3.8, 4) is 0 Å². The molecule has 0 radical (unpaired) electrons. The largest absolute Gasteiger partial charge is 0.380 e. The molecule has 0 spiro atoms. The smallest absolute Gasteiger partial charge is 0.129 e. The lowest BCUT2D eigenvalue weighted by molar-refractivity contribution is -0.126. The van der Waals surface area contributed by atoms with Gasteiger partial charge >= 0.3 is 0 Å². The molecule has 20 heavy (non-hydrogen) atoms. The Morgan fingerprint density at radius 2 is 2.10 bits per heavy atom. The summed E-state index contributed by atoms with van der Waals surface area (Å²) in [4.78, 5) is 14.0. The van der Waals surface area contributed by atoms with E-state index in [0.717, 1.165) is 38.8 Å². The summed E-state index contributed by atoms with van der Waals surface area (Å²) in [6.45, 7) is 7.39. The molecule has 1 atom stereocenters. The Hall–Kier alpha value is -1.19. The molecule has 0 bridgehead atoms. The highest BCUT2D eigenvalue weighted by Crippen LogP contribution is 2.28. The fourth-order valence-electron chi connectivity index (χ4n) is 2.77. The standard InChI is InChI=1S/C17H25NO2/c1-15(2)18(11-16-7-4-3-5-8-16)12-17(13-19)9-6-10-20-14-17/h3-5,7-8,13,15H,6,9-12,14H2,1-2H3. The number of hydrogen-bond donors (Lipinski definition) is 0. The molecule has 1 aliphatic rings. The van der Waals surface area contributed by atoms with Gasteiger partial charge in [-0.05, 0) is 32.3 Å². The Morgan fingerprint density at radius 1 is 1.35 bits per heavy atom. The molecule has 1 aromatic rings. The monoisotopic (exact) mass is 275 g/mol. The molecule has 1 heterocycles. The first-order valence-electron chi connectivity index (χ1n) is 7.47. The molecule has 1 unspecified atom stereocenters.